The molecule has 0 fully saturated rings. The van der Waals surface area contributed by atoms with Crippen molar-refractivity contribution < 1.29 is 18.7 Å². The Morgan fingerprint density at radius 1 is 0.872 bits per heavy atom. The predicted molar refractivity (Wildman–Crippen MR) is 149 cm³/mol. The number of benzene rings is 4. The van der Waals surface area contributed by atoms with E-state index in [1.54, 1.807) is 44.6 Å². The first kappa shape index (κ1) is 25.7. The second-order valence-corrected chi connectivity index (χ2v) is 9.00. The maximum absolute atomic E-state index is 13.9. The molecule has 0 bridgehead atoms. The molecule has 1 heterocycles. The molecular formula is C32H28FN3O3. The summed E-state index contributed by atoms with van der Waals surface area (Å²) in [7, 11) is 3.15. The van der Waals surface area contributed by atoms with Gasteiger partial charge in [-0.25, -0.2) is 9.07 Å². The number of ether oxygens (including phenoxy) is 2. The summed E-state index contributed by atoms with van der Waals surface area (Å²) in [5.74, 6) is 0.505. The lowest BCUT2D eigenvalue weighted by Gasteiger charge is -2.20. The average molecular weight is 522 g/mol. The van der Waals surface area contributed by atoms with Crippen molar-refractivity contribution >= 4 is 5.91 Å². The Bertz CT molecular complexity index is 1550. The van der Waals surface area contributed by atoms with Crippen LogP contribution in [0.5, 0.6) is 11.5 Å². The van der Waals surface area contributed by atoms with Crippen LogP contribution in [0, 0.1) is 5.82 Å². The van der Waals surface area contributed by atoms with Crippen LogP contribution in [-0.2, 0) is 6.42 Å². The second-order valence-electron chi connectivity index (χ2n) is 9.00. The summed E-state index contributed by atoms with van der Waals surface area (Å²) in [6, 6.07) is 32.6. The molecular weight excluding hydrogens is 493 g/mol. The molecule has 0 aliphatic carbocycles. The zero-order valence-corrected chi connectivity index (χ0v) is 21.7. The zero-order chi connectivity index (χ0) is 27.2. The van der Waals surface area contributed by atoms with Crippen molar-refractivity contribution in [3.8, 4) is 28.4 Å². The fourth-order valence-corrected chi connectivity index (χ4v) is 4.48. The fraction of sp³-hybridized carbons (Fsp3) is 0.125. The van der Waals surface area contributed by atoms with Gasteiger partial charge in [-0.1, -0.05) is 60.7 Å². The molecule has 196 valence electrons. The quantitative estimate of drug-likeness (QED) is 0.243. The van der Waals surface area contributed by atoms with Crippen LogP contribution in [0.4, 0.5) is 4.39 Å². The third-order valence-electron chi connectivity index (χ3n) is 6.49. The number of hydrogen-bond acceptors (Lipinski definition) is 4. The summed E-state index contributed by atoms with van der Waals surface area (Å²) in [5, 5.41) is 7.95. The van der Waals surface area contributed by atoms with Gasteiger partial charge in [0.25, 0.3) is 5.91 Å². The molecule has 39 heavy (non-hydrogen) atoms. The van der Waals surface area contributed by atoms with Crippen molar-refractivity contribution in [1.82, 2.24) is 15.1 Å². The Kier molecular flexibility index (Phi) is 7.68. The molecule has 0 spiro atoms. The lowest BCUT2D eigenvalue weighted by atomic mass is 9.98. The number of amides is 1. The van der Waals surface area contributed by atoms with E-state index in [0.29, 0.717) is 40.6 Å². The van der Waals surface area contributed by atoms with Gasteiger partial charge in [-0.05, 0) is 60.0 Å². The monoisotopic (exact) mass is 521 g/mol. The van der Waals surface area contributed by atoms with Gasteiger partial charge in [-0.15, -0.1) is 0 Å². The Morgan fingerprint density at radius 2 is 1.56 bits per heavy atom. The van der Waals surface area contributed by atoms with Crippen LogP contribution in [0.25, 0.3) is 16.9 Å². The van der Waals surface area contributed by atoms with Gasteiger partial charge < -0.3 is 14.8 Å². The van der Waals surface area contributed by atoms with Gasteiger partial charge in [-0.2, -0.15) is 5.10 Å². The van der Waals surface area contributed by atoms with Crippen molar-refractivity contribution in [2.75, 3.05) is 14.2 Å². The number of aromatic nitrogens is 2. The van der Waals surface area contributed by atoms with E-state index >= 15 is 0 Å². The summed E-state index contributed by atoms with van der Waals surface area (Å²) < 4.78 is 26.2. The largest absolute Gasteiger partial charge is 0.497 e. The maximum Gasteiger partial charge on any atom is 0.270 e. The molecule has 5 rings (SSSR count). The lowest BCUT2D eigenvalue weighted by molar-refractivity contribution is 0.0928. The number of rotatable bonds is 9. The van der Waals surface area contributed by atoms with E-state index in [0.717, 1.165) is 11.1 Å². The number of nitrogens with one attached hydrogen (secondary N) is 1. The third kappa shape index (κ3) is 5.83. The van der Waals surface area contributed by atoms with E-state index in [1.165, 1.54) is 16.8 Å². The van der Waals surface area contributed by atoms with Crippen molar-refractivity contribution in [1.29, 1.82) is 0 Å². The van der Waals surface area contributed by atoms with Crippen molar-refractivity contribution in [2.45, 2.75) is 12.5 Å². The molecule has 0 saturated heterocycles. The Hall–Kier alpha value is -4.91. The molecule has 1 unspecified atom stereocenters. The molecule has 1 atom stereocenters. The predicted octanol–water partition coefficient (Wildman–Crippen LogP) is 6.41. The molecule has 0 saturated carbocycles. The third-order valence-corrected chi connectivity index (χ3v) is 6.49. The van der Waals surface area contributed by atoms with Crippen LogP contribution < -0.4 is 14.8 Å². The summed E-state index contributed by atoms with van der Waals surface area (Å²) in [4.78, 5) is 13.9. The van der Waals surface area contributed by atoms with E-state index in [-0.39, 0.29) is 17.8 Å². The van der Waals surface area contributed by atoms with Crippen LogP contribution >= 0.6 is 0 Å². The van der Waals surface area contributed by atoms with E-state index < -0.39 is 0 Å². The van der Waals surface area contributed by atoms with Crippen LogP contribution in [-0.4, -0.2) is 29.9 Å². The minimum absolute atomic E-state index is 0.281. The van der Waals surface area contributed by atoms with Crippen LogP contribution in [0.3, 0.4) is 0 Å². The molecule has 1 amide bonds. The fourth-order valence-electron chi connectivity index (χ4n) is 4.48. The second kappa shape index (κ2) is 11.6. The zero-order valence-electron chi connectivity index (χ0n) is 21.7. The lowest BCUT2D eigenvalue weighted by Crippen LogP contribution is -2.31. The van der Waals surface area contributed by atoms with E-state index in [2.05, 4.69) is 5.32 Å². The standard InChI is InChI=1S/C32H28FN3O3/c1-38-26-17-18-27(31(20-26)39-2)29-21-30(36(35-29)25-15-13-24(33)14-16-25)32(37)34-28(23-11-7-4-8-12-23)19-22-9-5-3-6-10-22/h3-18,20-21,28H,19H2,1-2H3,(H,34,37). The van der Waals surface area contributed by atoms with E-state index in [1.807, 2.05) is 66.7 Å². The van der Waals surface area contributed by atoms with Crippen molar-refractivity contribution in [3.63, 3.8) is 0 Å². The van der Waals surface area contributed by atoms with Crippen molar-refractivity contribution in [2.24, 2.45) is 0 Å². The van der Waals surface area contributed by atoms with Gasteiger partial charge in [0.15, 0.2) is 0 Å². The highest BCUT2D eigenvalue weighted by atomic mass is 19.1. The first-order chi connectivity index (χ1) is 19.1. The van der Waals surface area contributed by atoms with Crippen molar-refractivity contribution in [3.05, 3.63) is 132 Å². The van der Waals surface area contributed by atoms with Gasteiger partial charge in [0.2, 0.25) is 0 Å². The molecule has 5 aromatic rings. The number of carbonyl (C=O) groups excluding carboxylic acids is 1. The van der Waals surface area contributed by atoms with E-state index in [4.69, 9.17) is 14.6 Å². The van der Waals surface area contributed by atoms with Gasteiger partial charge >= 0.3 is 0 Å². The minimum Gasteiger partial charge on any atom is -0.497 e. The number of nitrogens with zero attached hydrogens (tertiary/aromatic N) is 2. The summed E-state index contributed by atoms with van der Waals surface area (Å²) in [6.07, 6.45) is 0.612. The van der Waals surface area contributed by atoms with Gasteiger partial charge in [0.05, 0.1) is 31.6 Å². The summed E-state index contributed by atoms with van der Waals surface area (Å²) >= 11 is 0. The maximum atomic E-state index is 13.9. The first-order valence-electron chi connectivity index (χ1n) is 12.5. The average Bonchev–Trinajstić information content (AvgIpc) is 3.43. The Labute approximate surface area is 226 Å². The summed E-state index contributed by atoms with van der Waals surface area (Å²) in [5.41, 5.74) is 4.17. The highest BCUT2D eigenvalue weighted by Crippen LogP contribution is 2.34. The SMILES string of the molecule is COc1ccc(-c2cc(C(=O)NC(Cc3ccccc3)c3ccccc3)n(-c3ccc(F)cc3)n2)c(OC)c1. The number of hydrogen-bond donors (Lipinski definition) is 1. The molecule has 4 aromatic carbocycles. The van der Waals surface area contributed by atoms with Gasteiger partial charge in [0.1, 0.15) is 23.0 Å². The molecule has 7 heteroatoms. The molecule has 6 nitrogen and oxygen atoms in total. The van der Waals surface area contributed by atoms with Crippen LogP contribution in [0.2, 0.25) is 0 Å². The molecule has 0 aliphatic heterocycles. The van der Waals surface area contributed by atoms with E-state index in [9.17, 15) is 9.18 Å². The van der Waals surface area contributed by atoms with Gasteiger partial charge in [-0.3, -0.25) is 4.79 Å². The highest BCUT2D eigenvalue weighted by Gasteiger charge is 2.23. The number of halogens is 1. The Balaban J connectivity index is 1.55. The smallest absolute Gasteiger partial charge is 0.270 e. The molecule has 1 aromatic heterocycles. The van der Waals surface area contributed by atoms with Crippen LogP contribution in [0.1, 0.15) is 27.7 Å². The van der Waals surface area contributed by atoms with Crippen LogP contribution in [0.15, 0.2) is 109 Å². The topological polar surface area (TPSA) is 65.4 Å². The minimum atomic E-state index is -0.374. The normalized spacial score (nSPS) is 11.6. The molecule has 1 N–H and O–H groups in total. The molecule has 0 radical (unpaired) electrons. The number of methoxy groups -OCH3 is 2. The Morgan fingerprint density at radius 3 is 2.23 bits per heavy atom. The number of carbonyl (C=O) groups is 1. The summed E-state index contributed by atoms with van der Waals surface area (Å²) in [6.45, 7) is 0. The molecule has 0 aliphatic rings. The first-order valence-corrected chi connectivity index (χ1v) is 12.5. The van der Waals surface area contributed by atoms with Gasteiger partial charge in [0, 0.05) is 11.6 Å². The highest BCUT2D eigenvalue weighted by molar-refractivity contribution is 5.95.